The van der Waals surface area contributed by atoms with Crippen molar-refractivity contribution in [1.29, 1.82) is 0 Å². The first-order chi connectivity index (χ1) is 26.9. The van der Waals surface area contributed by atoms with E-state index in [1.807, 2.05) is 0 Å². The van der Waals surface area contributed by atoms with Gasteiger partial charge in [0.2, 0.25) is 0 Å². The molecule has 1 atom stereocenters. The van der Waals surface area contributed by atoms with E-state index in [4.69, 9.17) is 51.5 Å². The number of carboxylic acids is 1. The summed E-state index contributed by atoms with van der Waals surface area (Å²) in [4.78, 5) is 70.0. The minimum Gasteiger partial charge on any atom is -0.481 e. The monoisotopic (exact) mass is 833 g/mol. The van der Waals surface area contributed by atoms with Crippen LogP contribution in [-0.4, -0.2) is 72.6 Å². The number of aryl methyl sites for hydroxylation is 2. The lowest BCUT2D eigenvalue weighted by Crippen LogP contribution is -2.43. The first-order valence-corrected chi connectivity index (χ1v) is 20.2. The lowest BCUT2D eigenvalue weighted by atomic mass is 9.81. The van der Waals surface area contributed by atoms with Gasteiger partial charge in [-0.25, -0.2) is 0 Å². The zero-order valence-corrected chi connectivity index (χ0v) is 33.5. The van der Waals surface area contributed by atoms with Gasteiger partial charge in [-0.05, 0) is 55.9 Å². The largest absolute Gasteiger partial charge is 0.481 e. The number of aliphatic carboxylic acids is 1. The van der Waals surface area contributed by atoms with E-state index in [1.54, 1.807) is 23.0 Å². The molecule has 0 radical (unpaired) electrons. The van der Waals surface area contributed by atoms with E-state index < -0.39 is 29.6 Å². The highest BCUT2D eigenvalue weighted by molar-refractivity contribution is 6.56. The summed E-state index contributed by atoms with van der Waals surface area (Å²) in [5.41, 5.74) is 1.61. The average Bonchev–Trinajstić information content (AvgIpc) is 3.62. The number of carbonyl (C=O) groups excluding carboxylic acids is 4. The van der Waals surface area contributed by atoms with Crippen LogP contribution in [0.25, 0.3) is 43.1 Å². The Balaban J connectivity index is 1.22. The maximum Gasteiger partial charge on any atom is 0.303 e. The van der Waals surface area contributed by atoms with Crippen molar-refractivity contribution in [1.82, 2.24) is 24.8 Å². The van der Waals surface area contributed by atoms with E-state index in [-0.39, 0.29) is 67.8 Å². The first kappa shape index (κ1) is 38.3. The van der Waals surface area contributed by atoms with Gasteiger partial charge < -0.3 is 5.11 Å². The Labute approximate surface area is 340 Å². The number of amides is 4. The number of benzene rings is 5. The number of aromatic nitrogens is 3. The van der Waals surface area contributed by atoms with Crippen molar-refractivity contribution in [3.63, 3.8) is 0 Å². The summed E-state index contributed by atoms with van der Waals surface area (Å²) in [5, 5.41) is 21.2. The van der Waals surface area contributed by atoms with Crippen molar-refractivity contribution in [3.8, 4) is 0 Å². The number of rotatable bonds is 14. The highest BCUT2D eigenvalue weighted by Gasteiger charge is 2.40. The van der Waals surface area contributed by atoms with Gasteiger partial charge in [-0.2, -0.15) is 0 Å². The number of nitrogens with zero attached hydrogens (tertiary/aromatic N) is 5. The minimum atomic E-state index is -0.879. The van der Waals surface area contributed by atoms with Crippen LogP contribution in [0.1, 0.15) is 106 Å². The van der Waals surface area contributed by atoms with Gasteiger partial charge in [0, 0.05) is 95.4 Å². The molecule has 56 heavy (non-hydrogen) atoms. The molecule has 0 fully saturated rings. The predicted octanol–water partition coefficient (Wildman–Crippen LogP) is 9.85. The summed E-state index contributed by atoms with van der Waals surface area (Å²) in [6, 6.07) is 6.20. The van der Waals surface area contributed by atoms with Gasteiger partial charge in [0.1, 0.15) is 0 Å². The Morgan fingerprint density at radius 1 is 0.661 bits per heavy atom. The molecule has 15 heteroatoms. The molecule has 0 saturated carbocycles. The Kier molecular flexibility index (Phi) is 10.1. The smallest absolute Gasteiger partial charge is 0.303 e. The van der Waals surface area contributed by atoms with Gasteiger partial charge in [-0.15, -0.1) is 5.10 Å². The summed E-state index contributed by atoms with van der Waals surface area (Å²) in [6.45, 7) is 4.85. The molecule has 288 valence electrons. The molecule has 8 rings (SSSR count). The third-order valence-electron chi connectivity index (χ3n) is 11.2. The number of hydrogen-bond acceptors (Lipinski definition) is 7. The zero-order valence-electron chi connectivity index (χ0n) is 30.5. The Bertz CT molecular complexity index is 2560. The molecule has 0 bridgehead atoms. The van der Waals surface area contributed by atoms with E-state index >= 15 is 0 Å². The normalized spacial score (nSPS) is 14.8. The van der Waals surface area contributed by atoms with E-state index in [0.29, 0.717) is 74.6 Å². The maximum absolute atomic E-state index is 14.2. The number of imide groups is 2. The quantitative estimate of drug-likeness (QED) is 0.0649. The number of unbranched alkanes of at least 4 members (excludes halogenated alkanes) is 1. The molecule has 1 unspecified atom stereocenters. The number of carboxylic acid groups (broad SMARTS) is 1. The zero-order chi connectivity index (χ0) is 39.7. The van der Waals surface area contributed by atoms with Crippen LogP contribution in [0, 0.1) is 5.92 Å². The van der Waals surface area contributed by atoms with Crippen LogP contribution in [0.3, 0.4) is 0 Å². The Hall–Kier alpha value is -4.55. The third-order valence-corrected chi connectivity index (χ3v) is 12.4. The summed E-state index contributed by atoms with van der Waals surface area (Å²) in [6.07, 6.45) is 6.71. The van der Waals surface area contributed by atoms with Crippen LogP contribution in [-0.2, 0) is 17.8 Å². The van der Waals surface area contributed by atoms with Gasteiger partial charge in [-0.3, -0.25) is 38.5 Å². The molecular formula is C41H35Cl4N5O6. The summed E-state index contributed by atoms with van der Waals surface area (Å²) in [7, 11) is 0. The molecule has 6 aromatic rings. The van der Waals surface area contributed by atoms with Crippen LogP contribution in [0.4, 0.5) is 0 Å². The average molecular weight is 836 g/mol. The van der Waals surface area contributed by atoms with E-state index in [1.165, 1.54) is 17.0 Å². The molecule has 0 spiro atoms. The topological polar surface area (TPSA) is 143 Å². The molecule has 1 N–H and O–H groups in total. The predicted molar refractivity (Wildman–Crippen MR) is 217 cm³/mol. The molecule has 11 nitrogen and oxygen atoms in total. The first-order valence-electron chi connectivity index (χ1n) is 18.7. The molecule has 2 aliphatic heterocycles. The van der Waals surface area contributed by atoms with E-state index in [0.717, 1.165) is 30.6 Å². The lowest BCUT2D eigenvalue weighted by Gasteiger charge is -2.32. The van der Waals surface area contributed by atoms with Crippen molar-refractivity contribution >= 4 is 119 Å². The fourth-order valence-electron chi connectivity index (χ4n) is 8.48. The van der Waals surface area contributed by atoms with Crippen LogP contribution in [0.2, 0.25) is 20.1 Å². The standard InChI is InChI=1S/C41H35Cl4N5O6/c1-3-5-8-19(4-2)17-50-40(55)23-15-27(44)34-32-25(42)13-21-30-22(14-26(43)33(36(30)32)35-28(45)16-24(41(50)56)31(23)37(34)35)39(54)49(38(21)53)12-7-11-48-18-20(46-47-48)9-6-10-29(51)52/h13-16,18-19H,3-12,17H2,1-2H3,(H,51,52). The van der Waals surface area contributed by atoms with Gasteiger partial charge in [0.25, 0.3) is 23.6 Å². The van der Waals surface area contributed by atoms with Crippen LogP contribution in [0.5, 0.6) is 0 Å². The molecule has 1 aromatic heterocycles. The van der Waals surface area contributed by atoms with Gasteiger partial charge in [-0.1, -0.05) is 84.7 Å². The summed E-state index contributed by atoms with van der Waals surface area (Å²) >= 11 is 28.5. The fourth-order valence-corrected chi connectivity index (χ4v) is 9.67. The van der Waals surface area contributed by atoms with E-state index in [2.05, 4.69) is 24.2 Å². The highest BCUT2D eigenvalue weighted by atomic mass is 35.5. The van der Waals surface area contributed by atoms with Gasteiger partial charge in [0.05, 0.1) is 27.9 Å². The van der Waals surface area contributed by atoms with Gasteiger partial charge >= 0.3 is 5.97 Å². The number of hydrogen-bond donors (Lipinski definition) is 1. The third kappa shape index (κ3) is 6.06. The lowest BCUT2D eigenvalue weighted by molar-refractivity contribution is -0.137. The van der Waals surface area contributed by atoms with Crippen molar-refractivity contribution in [2.24, 2.45) is 5.92 Å². The molecule has 3 heterocycles. The molecular weight excluding hydrogens is 800 g/mol. The molecule has 2 aliphatic rings. The van der Waals surface area contributed by atoms with E-state index in [9.17, 15) is 24.0 Å². The Morgan fingerprint density at radius 2 is 1.14 bits per heavy atom. The number of fused-ring (bicyclic) bond motifs is 2. The second kappa shape index (κ2) is 14.8. The molecule has 0 saturated heterocycles. The number of halogens is 4. The Morgan fingerprint density at radius 3 is 1.59 bits per heavy atom. The fraction of sp³-hybridized carbons (Fsp3) is 0.341. The van der Waals surface area contributed by atoms with Crippen LogP contribution >= 0.6 is 46.4 Å². The maximum atomic E-state index is 14.2. The molecule has 4 amide bonds. The SMILES string of the molecule is CCCCC(CC)CN1C(=O)c2cc(Cl)c3c4c(Cl)cc5c6c(cc(Cl)c(c7c(Cl)cc(c2c37)C1=O)c64)C(=O)N(CCCn1cc(CCCC(=O)O)nn1)C5=O. The summed E-state index contributed by atoms with van der Waals surface area (Å²) < 4.78 is 1.59. The van der Waals surface area contributed by atoms with Crippen LogP contribution < -0.4 is 0 Å². The second-order valence-electron chi connectivity index (χ2n) is 14.6. The molecule has 0 aliphatic carbocycles. The minimum absolute atomic E-state index is 0.0289. The van der Waals surface area contributed by atoms with Crippen molar-refractivity contribution in [2.45, 2.75) is 71.8 Å². The van der Waals surface area contributed by atoms with Crippen molar-refractivity contribution < 1.29 is 29.1 Å². The number of carbonyl (C=O) groups is 5. The molecule has 5 aromatic carbocycles. The summed E-state index contributed by atoms with van der Waals surface area (Å²) in [5.74, 6) is -2.70. The van der Waals surface area contributed by atoms with Gasteiger partial charge in [0.15, 0.2) is 0 Å². The van der Waals surface area contributed by atoms with Crippen molar-refractivity contribution in [2.75, 3.05) is 13.1 Å². The van der Waals surface area contributed by atoms with Crippen LogP contribution in [0.15, 0.2) is 30.5 Å². The highest BCUT2D eigenvalue weighted by Crippen LogP contribution is 2.53. The second-order valence-corrected chi connectivity index (χ2v) is 16.2. The van der Waals surface area contributed by atoms with Crippen molar-refractivity contribution in [3.05, 3.63) is 78.5 Å².